The van der Waals surface area contributed by atoms with Crippen LogP contribution in [0.25, 0.3) is 10.9 Å². The number of benzene rings is 1. The number of para-hydroxylation sites is 1. The van der Waals surface area contributed by atoms with Gasteiger partial charge in [0.25, 0.3) is 5.56 Å². The van der Waals surface area contributed by atoms with Gasteiger partial charge in [-0.1, -0.05) is 18.2 Å². The molecule has 3 aromatic rings. The van der Waals surface area contributed by atoms with Gasteiger partial charge in [-0.2, -0.15) is 5.10 Å². The van der Waals surface area contributed by atoms with Crippen molar-refractivity contribution in [3.8, 4) is 0 Å². The lowest BCUT2D eigenvalue weighted by Crippen LogP contribution is -2.28. The molecule has 0 aliphatic rings. The van der Waals surface area contributed by atoms with Crippen LogP contribution in [0.4, 0.5) is 0 Å². The van der Waals surface area contributed by atoms with Crippen molar-refractivity contribution < 1.29 is 0 Å². The van der Waals surface area contributed by atoms with E-state index in [0.717, 1.165) is 40.8 Å². The number of hydrogen-bond acceptors (Lipinski definition) is 3. The predicted molar refractivity (Wildman–Crippen MR) is 97.3 cm³/mol. The van der Waals surface area contributed by atoms with Gasteiger partial charge in [0.15, 0.2) is 0 Å². The largest absolute Gasteiger partial charge is 0.311 e. The molecule has 126 valence electrons. The SMILES string of the molecule is Cc1n[nH]c(C)c1CCN(C)Cc1cc2ccccc2n(C)c1=O. The normalized spacial score (nSPS) is 11.5. The van der Waals surface area contributed by atoms with Crippen LogP contribution in [0.15, 0.2) is 35.1 Å². The van der Waals surface area contributed by atoms with Gasteiger partial charge >= 0.3 is 0 Å². The van der Waals surface area contributed by atoms with Crippen LogP contribution in [-0.4, -0.2) is 33.3 Å². The molecule has 1 N–H and O–H groups in total. The number of aromatic nitrogens is 3. The summed E-state index contributed by atoms with van der Waals surface area (Å²) in [5.41, 5.74) is 5.34. The number of pyridine rings is 1. The zero-order chi connectivity index (χ0) is 17.3. The summed E-state index contributed by atoms with van der Waals surface area (Å²) in [7, 11) is 3.89. The van der Waals surface area contributed by atoms with Gasteiger partial charge in [-0.05, 0) is 50.4 Å². The summed E-state index contributed by atoms with van der Waals surface area (Å²) in [6, 6.07) is 10.0. The molecule has 0 aliphatic carbocycles. The van der Waals surface area contributed by atoms with Crippen molar-refractivity contribution in [3.05, 3.63) is 63.2 Å². The maximum Gasteiger partial charge on any atom is 0.255 e. The van der Waals surface area contributed by atoms with Crippen LogP contribution >= 0.6 is 0 Å². The van der Waals surface area contributed by atoms with Crippen molar-refractivity contribution in [2.45, 2.75) is 26.8 Å². The van der Waals surface area contributed by atoms with E-state index in [0.29, 0.717) is 6.54 Å². The summed E-state index contributed by atoms with van der Waals surface area (Å²) in [6.45, 7) is 5.61. The molecule has 0 aliphatic heterocycles. The van der Waals surface area contributed by atoms with Gasteiger partial charge in [0.05, 0.1) is 11.2 Å². The van der Waals surface area contributed by atoms with Gasteiger partial charge in [-0.15, -0.1) is 0 Å². The molecule has 1 aromatic carbocycles. The summed E-state index contributed by atoms with van der Waals surface area (Å²) < 4.78 is 1.74. The van der Waals surface area contributed by atoms with Crippen LogP contribution in [0.2, 0.25) is 0 Å². The number of rotatable bonds is 5. The van der Waals surface area contributed by atoms with Crippen molar-refractivity contribution in [3.63, 3.8) is 0 Å². The molecule has 0 saturated carbocycles. The molecule has 0 spiro atoms. The molecular formula is C19H24N4O. The predicted octanol–water partition coefficient (Wildman–Crippen LogP) is 2.55. The second-order valence-electron chi connectivity index (χ2n) is 6.49. The van der Waals surface area contributed by atoms with Gasteiger partial charge < -0.3 is 9.47 Å². The Kier molecular flexibility index (Phi) is 4.53. The molecular weight excluding hydrogens is 300 g/mol. The Labute approximate surface area is 141 Å². The summed E-state index contributed by atoms with van der Waals surface area (Å²) in [4.78, 5) is 14.8. The Morgan fingerprint density at radius 2 is 2.00 bits per heavy atom. The number of nitrogens with zero attached hydrogens (tertiary/aromatic N) is 3. The molecule has 0 atom stereocenters. The quantitative estimate of drug-likeness (QED) is 0.785. The maximum atomic E-state index is 12.6. The molecule has 2 aromatic heterocycles. The van der Waals surface area contributed by atoms with E-state index in [4.69, 9.17) is 0 Å². The average molecular weight is 324 g/mol. The highest BCUT2D eigenvalue weighted by Crippen LogP contribution is 2.14. The third-order valence-corrected chi connectivity index (χ3v) is 4.67. The minimum atomic E-state index is 0.0798. The van der Waals surface area contributed by atoms with E-state index in [1.807, 2.05) is 38.2 Å². The number of H-pyrrole nitrogens is 1. The van der Waals surface area contributed by atoms with Crippen LogP contribution in [0.3, 0.4) is 0 Å². The average Bonchev–Trinajstić information content (AvgIpc) is 2.89. The molecule has 0 unspecified atom stereocenters. The van der Waals surface area contributed by atoms with E-state index in [9.17, 15) is 4.79 Å². The fourth-order valence-electron chi connectivity index (χ4n) is 3.22. The minimum absolute atomic E-state index is 0.0798. The minimum Gasteiger partial charge on any atom is -0.311 e. The van der Waals surface area contributed by atoms with Crippen molar-refractivity contribution in [2.24, 2.45) is 7.05 Å². The van der Waals surface area contributed by atoms with Crippen LogP contribution in [-0.2, 0) is 20.0 Å². The van der Waals surface area contributed by atoms with Crippen molar-refractivity contribution >= 4 is 10.9 Å². The lowest BCUT2D eigenvalue weighted by molar-refractivity contribution is 0.329. The molecule has 0 amide bonds. The monoisotopic (exact) mass is 324 g/mol. The van der Waals surface area contributed by atoms with Gasteiger partial charge in [-0.3, -0.25) is 9.89 Å². The summed E-state index contributed by atoms with van der Waals surface area (Å²) in [6.07, 6.45) is 0.929. The number of aryl methyl sites for hydroxylation is 3. The van der Waals surface area contributed by atoms with E-state index >= 15 is 0 Å². The van der Waals surface area contributed by atoms with Crippen LogP contribution in [0, 0.1) is 13.8 Å². The van der Waals surface area contributed by atoms with E-state index in [-0.39, 0.29) is 5.56 Å². The Morgan fingerprint density at radius 3 is 2.71 bits per heavy atom. The number of fused-ring (bicyclic) bond motifs is 1. The first-order chi connectivity index (χ1) is 11.5. The molecule has 0 fully saturated rings. The summed E-state index contributed by atoms with van der Waals surface area (Å²) in [5, 5.41) is 8.37. The first kappa shape index (κ1) is 16.5. The fraction of sp³-hybridized carbons (Fsp3) is 0.368. The first-order valence-corrected chi connectivity index (χ1v) is 8.24. The van der Waals surface area contributed by atoms with Crippen LogP contribution in [0.5, 0.6) is 0 Å². The van der Waals surface area contributed by atoms with E-state index in [1.54, 1.807) is 4.57 Å². The maximum absolute atomic E-state index is 12.6. The lowest BCUT2D eigenvalue weighted by Gasteiger charge is -2.17. The number of aromatic amines is 1. The summed E-state index contributed by atoms with van der Waals surface area (Å²) >= 11 is 0. The van der Waals surface area contributed by atoms with Crippen molar-refractivity contribution in [2.75, 3.05) is 13.6 Å². The zero-order valence-corrected chi connectivity index (χ0v) is 14.8. The number of likely N-dealkylation sites (N-methyl/N-ethyl adjacent to an activating group) is 1. The highest BCUT2D eigenvalue weighted by Gasteiger charge is 2.11. The third kappa shape index (κ3) is 3.12. The Bertz CT molecular complexity index is 903. The van der Waals surface area contributed by atoms with Crippen LogP contribution in [0.1, 0.15) is 22.5 Å². The Balaban J connectivity index is 1.77. The number of nitrogens with one attached hydrogen (secondary N) is 1. The van der Waals surface area contributed by atoms with Crippen molar-refractivity contribution in [1.82, 2.24) is 19.7 Å². The van der Waals surface area contributed by atoms with E-state index in [2.05, 4.69) is 35.1 Å². The van der Waals surface area contributed by atoms with Gasteiger partial charge in [-0.25, -0.2) is 0 Å². The molecule has 0 saturated heterocycles. The van der Waals surface area contributed by atoms with E-state index in [1.165, 1.54) is 5.56 Å². The molecule has 0 radical (unpaired) electrons. The van der Waals surface area contributed by atoms with Crippen LogP contribution < -0.4 is 5.56 Å². The first-order valence-electron chi connectivity index (χ1n) is 8.24. The molecule has 5 nitrogen and oxygen atoms in total. The second kappa shape index (κ2) is 6.61. The van der Waals surface area contributed by atoms with Crippen molar-refractivity contribution in [1.29, 1.82) is 0 Å². The zero-order valence-electron chi connectivity index (χ0n) is 14.8. The number of hydrogen-bond donors (Lipinski definition) is 1. The van der Waals surface area contributed by atoms with Gasteiger partial charge in [0.1, 0.15) is 0 Å². The standard InChI is InChI=1S/C19H24N4O/c1-13-17(14(2)21-20-13)9-10-22(3)12-16-11-15-7-5-6-8-18(15)23(4)19(16)24/h5-8,11H,9-10,12H2,1-4H3,(H,20,21). The highest BCUT2D eigenvalue weighted by atomic mass is 16.1. The molecule has 24 heavy (non-hydrogen) atoms. The van der Waals surface area contributed by atoms with Gasteiger partial charge in [0.2, 0.25) is 0 Å². The second-order valence-corrected chi connectivity index (χ2v) is 6.49. The van der Waals surface area contributed by atoms with Gasteiger partial charge in [0, 0.05) is 31.4 Å². The Morgan fingerprint density at radius 1 is 1.25 bits per heavy atom. The fourth-order valence-corrected chi connectivity index (χ4v) is 3.22. The smallest absolute Gasteiger partial charge is 0.255 e. The molecule has 0 bridgehead atoms. The summed E-state index contributed by atoms with van der Waals surface area (Å²) in [5.74, 6) is 0. The lowest BCUT2D eigenvalue weighted by atomic mass is 10.1. The molecule has 2 heterocycles. The topological polar surface area (TPSA) is 53.9 Å². The Hall–Kier alpha value is -2.40. The molecule has 5 heteroatoms. The van der Waals surface area contributed by atoms with E-state index < -0.39 is 0 Å². The molecule has 3 rings (SSSR count). The third-order valence-electron chi connectivity index (χ3n) is 4.67. The highest BCUT2D eigenvalue weighted by molar-refractivity contribution is 5.79.